The molecule has 0 aliphatic heterocycles. The highest BCUT2D eigenvalue weighted by atomic mass is 16.3. The third-order valence-electron chi connectivity index (χ3n) is 3.74. The third-order valence-corrected chi connectivity index (χ3v) is 3.74. The summed E-state index contributed by atoms with van der Waals surface area (Å²) in [5, 5.41) is 2.97. The minimum absolute atomic E-state index is 0.0526. The number of nitrogens with zero attached hydrogens (tertiary/aromatic N) is 1. The van der Waals surface area contributed by atoms with E-state index in [0.717, 1.165) is 34.2 Å². The fourth-order valence-electron chi connectivity index (χ4n) is 2.45. The van der Waals surface area contributed by atoms with E-state index in [0.29, 0.717) is 13.0 Å². The van der Waals surface area contributed by atoms with Crippen LogP contribution in [0.15, 0.2) is 53.3 Å². The Kier molecular flexibility index (Phi) is 4.19. The van der Waals surface area contributed by atoms with E-state index in [9.17, 15) is 4.79 Å². The van der Waals surface area contributed by atoms with Gasteiger partial charge in [0.2, 0.25) is 5.91 Å². The smallest absolute Gasteiger partial charge is 0.224 e. The van der Waals surface area contributed by atoms with Gasteiger partial charge in [-0.15, -0.1) is 0 Å². The number of hydrogen-bond donors (Lipinski definition) is 1. The van der Waals surface area contributed by atoms with Crippen molar-refractivity contribution >= 4 is 17.0 Å². The Morgan fingerprint density at radius 1 is 1.23 bits per heavy atom. The molecule has 3 rings (SSSR count). The predicted molar refractivity (Wildman–Crippen MR) is 85.6 cm³/mol. The molecule has 0 aliphatic carbocycles. The van der Waals surface area contributed by atoms with Crippen molar-refractivity contribution < 1.29 is 9.21 Å². The number of nitrogens with one attached hydrogen (secondary N) is 1. The topological polar surface area (TPSA) is 55.1 Å². The zero-order chi connectivity index (χ0) is 15.4. The van der Waals surface area contributed by atoms with Crippen LogP contribution in [0.2, 0.25) is 0 Å². The number of benzene rings is 2. The van der Waals surface area contributed by atoms with Gasteiger partial charge in [0.15, 0.2) is 12.0 Å². The molecule has 0 spiro atoms. The summed E-state index contributed by atoms with van der Waals surface area (Å²) in [6.07, 6.45) is 2.65. The van der Waals surface area contributed by atoms with Crippen LogP contribution in [0.1, 0.15) is 16.7 Å². The van der Waals surface area contributed by atoms with Crippen molar-refractivity contribution in [2.75, 3.05) is 6.54 Å². The summed E-state index contributed by atoms with van der Waals surface area (Å²) in [5.74, 6) is 0.0526. The first-order valence-corrected chi connectivity index (χ1v) is 7.36. The van der Waals surface area contributed by atoms with Gasteiger partial charge < -0.3 is 9.73 Å². The summed E-state index contributed by atoms with van der Waals surface area (Å²) in [6.45, 7) is 2.64. The van der Waals surface area contributed by atoms with Crippen molar-refractivity contribution in [3.8, 4) is 0 Å². The SMILES string of the molecule is Cc1ccccc1CC(=O)NCCc1ccc2ocnc2c1. The van der Waals surface area contributed by atoms with Crippen molar-refractivity contribution in [3.63, 3.8) is 0 Å². The lowest BCUT2D eigenvalue weighted by atomic mass is 10.1. The van der Waals surface area contributed by atoms with Crippen LogP contribution in [0.25, 0.3) is 11.1 Å². The number of aromatic nitrogens is 1. The van der Waals surface area contributed by atoms with E-state index in [4.69, 9.17) is 4.42 Å². The molecular weight excluding hydrogens is 276 g/mol. The summed E-state index contributed by atoms with van der Waals surface area (Å²) in [5.41, 5.74) is 4.99. The van der Waals surface area contributed by atoms with Crippen molar-refractivity contribution in [1.82, 2.24) is 10.3 Å². The predicted octanol–water partition coefficient (Wildman–Crippen LogP) is 3.04. The molecule has 0 saturated carbocycles. The number of aryl methyl sites for hydroxylation is 1. The Morgan fingerprint density at radius 3 is 2.95 bits per heavy atom. The van der Waals surface area contributed by atoms with Crippen molar-refractivity contribution in [1.29, 1.82) is 0 Å². The van der Waals surface area contributed by atoms with Gasteiger partial charge in [0.05, 0.1) is 6.42 Å². The van der Waals surface area contributed by atoms with Gasteiger partial charge in [-0.2, -0.15) is 0 Å². The van der Waals surface area contributed by atoms with E-state index in [2.05, 4.69) is 10.3 Å². The normalized spacial score (nSPS) is 10.8. The van der Waals surface area contributed by atoms with Crippen molar-refractivity contribution in [3.05, 3.63) is 65.5 Å². The molecule has 2 aromatic carbocycles. The van der Waals surface area contributed by atoms with Gasteiger partial charge in [-0.1, -0.05) is 30.3 Å². The third kappa shape index (κ3) is 3.34. The average molecular weight is 294 g/mol. The number of hydrogen-bond acceptors (Lipinski definition) is 3. The van der Waals surface area contributed by atoms with E-state index in [-0.39, 0.29) is 5.91 Å². The van der Waals surface area contributed by atoms with Gasteiger partial charge in [-0.3, -0.25) is 4.79 Å². The zero-order valence-electron chi connectivity index (χ0n) is 12.5. The summed E-state index contributed by atoms with van der Waals surface area (Å²) >= 11 is 0. The number of amides is 1. The Morgan fingerprint density at radius 2 is 2.09 bits per heavy atom. The number of oxazole rings is 1. The molecule has 0 radical (unpaired) electrons. The summed E-state index contributed by atoms with van der Waals surface area (Å²) in [7, 11) is 0. The second-order valence-corrected chi connectivity index (χ2v) is 5.36. The molecule has 1 amide bonds. The van der Waals surface area contributed by atoms with Crippen molar-refractivity contribution in [2.45, 2.75) is 19.8 Å². The number of carbonyl (C=O) groups excluding carboxylic acids is 1. The van der Waals surface area contributed by atoms with Crippen molar-refractivity contribution in [2.24, 2.45) is 0 Å². The van der Waals surface area contributed by atoms with E-state index in [1.165, 1.54) is 6.39 Å². The first kappa shape index (κ1) is 14.3. The van der Waals surface area contributed by atoms with Crippen LogP contribution in [-0.2, 0) is 17.6 Å². The highest BCUT2D eigenvalue weighted by Gasteiger charge is 2.05. The Hall–Kier alpha value is -2.62. The molecule has 112 valence electrons. The molecule has 0 unspecified atom stereocenters. The molecular formula is C18H18N2O2. The van der Waals surface area contributed by atoms with Gasteiger partial charge >= 0.3 is 0 Å². The van der Waals surface area contributed by atoms with Crippen LogP contribution < -0.4 is 5.32 Å². The maximum Gasteiger partial charge on any atom is 0.224 e. The molecule has 22 heavy (non-hydrogen) atoms. The Bertz CT molecular complexity index is 792. The van der Waals surface area contributed by atoms with Crippen LogP contribution in [0.5, 0.6) is 0 Å². The first-order valence-electron chi connectivity index (χ1n) is 7.36. The number of carbonyl (C=O) groups is 1. The second-order valence-electron chi connectivity index (χ2n) is 5.36. The fourth-order valence-corrected chi connectivity index (χ4v) is 2.45. The zero-order valence-corrected chi connectivity index (χ0v) is 12.5. The molecule has 0 bridgehead atoms. The van der Waals surface area contributed by atoms with Gasteiger partial charge in [-0.25, -0.2) is 4.98 Å². The standard InChI is InChI=1S/C18H18N2O2/c1-13-4-2-3-5-15(13)11-18(21)19-9-8-14-6-7-17-16(10-14)20-12-22-17/h2-7,10,12H,8-9,11H2,1H3,(H,19,21). The van der Waals surface area contributed by atoms with Gasteiger partial charge in [0.1, 0.15) is 5.52 Å². The molecule has 4 nitrogen and oxygen atoms in total. The number of rotatable bonds is 5. The second kappa shape index (κ2) is 6.43. The lowest BCUT2D eigenvalue weighted by molar-refractivity contribution is -0.120. The lowest BCUT2D eigenvalue weighted by Crippen LogP contribution is -2.27. The summed E-state index contributed by atoms with van der Waals surface area (Å²) < 4.78 is 5.21. The highest BCUT2D eigenvalue weighted by molar-refractivity contribution is 5.79. The van der Waals surface area contributed by atoms with Gasteiger partial charge in [0, 0.05) is 6.54 Å². The van der Waals surface area contributed by atoms with Gasteiger partial charge in [-0.05, 0) is 42.2 Å². The quantitative estimate of drug-likeness (QED) is 0.787. The molecule has 0 fully saturated rings. The van der Waals surface area contributed by atoms with E-state index in [1.54, 1.807) is 0 Å². The lowest BCUT2D eigenvalue weighted by Gasteiger charge is -2.07. The molecule has 0 saturated heterocycles. The van der Waals surface area contributed by atoms with Crippen LogP contribution in [0.4, 0.5) is 0 Å². The molecule has 0 aliphatic rings. The van der Waals surface area contributed by atoms with E-state index in [1.807, 2.05) is 49.4 Å². The van der Waals surface area contributed by atoms with Crippen LogP contribution in [0, 0.1) is 6.92 Å². The molecule has 1 N–H and O–H groups in total. The molecule has 3 aromatic rings. The summed E-state index contributed by atoms with van der Waals surface area (Å²) in [4.78, 5) is 16.1. The molecule has 0 atom stereocenters. The Labute approximate surface area is 129 Å². The monoisotopic (exact) mass is 294 g/mol. The maximum atomic E-state index is 12.0. The van der Waals surface area contributed by atoms with Crippen LogP contribution in [-0.4, -0.2) is 17.4 Å². The van der Waals surface area contributed by atoms with Gasteiger partial charge in [0.25, 0.3) is 0 Å². The first-order chi connectivity index (χ1) is 10.7. The highest BCUT2D eigenvalue weighted by Crippen LogP contribution is 2.14. The number of fused-ring (bicyclic) bond motifs is 1. The molecule has 4 heteroatoms. The molecule has 1 aromatic heterocycles. The molecule has 1 heterocycles. The maximum absolute atomic E-state index is 12.0. The fraction of sp³-hybridized carbons (Fsp3) is 0.222. The van der Waals surface area contributed by atoms with Crippen LogP contribution >= 0.6 is 0 Å². The minimum Gasteiger partial charge on any atom is -0.443 e. The Balaban J connectivity index is 1.52. The van der Waals surface area contributed by atoms with Crippen LogP contribution in [0.3, 0.4) is 0 Å². The van der Waals surface area contributed by atoms with E-state index >= 15 is 0 Å². The average Bonchev–Trinajstić information content (AvgIpc) is 2.97. The van der Waals surface area contributed by atoms with E-state index < -0.39 is 0 Å². The largest absolute Gasteiger partial charge is 0.443 e. The summed E-state index contributed by atoms with van der Waals surface area (Å²) in [6, 6.07) is 13.9. The minimum atomic E-state index is 0.0526.